The highest BCUT2D eigenvalue weighted by molar-refractivity contribution is 7.90. The number of benzene rings is 1. The van der Waals surface area contributed by atoms with Crippen LogP contribution in [0.5, 0.6) is 0 Å². The van der Waals surface area contributed by atoms with Crippen molar-refractivity contribution in [2.45, 2.75) is 43.1 Å². The van der Waals surface area contributed by atoms with Crippen molar-refractivity contribution in [2.24, 2.45) is 5.92 Å². The van der Waals surface area contributed by atoms with Gasteiger partial charge in [-0.15, -0.1) is 0 Å². The lowest BCUT2D eigenvalue weighted by molar-refractivity contribution is -0.136. The third-order valence-electron chi connectivity index (χ3n) is 5.66. The van der Waals surface area contributed by atoms with E-state index in [1.165, 1.54) is 12.1 Å². The van der Waals surface area contributed by atoms with Gasteiger partial charge >= 0.3 is 0 Å². The van der Waals surface area contributed by atoms with Gasteiger partial charge in [-0.1, -0.05) is 12.1 Å². The Kier molecular flexibility index (Phi) is 4.60. The summed E-state index contributed by atoms with van der Waals surface area (Å²) in [5.41, 5.74) is 0.980. The Labute approximate surface area is 148 Å². The van der Waals surface area contributed by atoms with Crippen molar-refractivity contribution in [1.29, 1.82) is 0 Å². The fourth-order valence-electron chi connectivity index (χ4n) is 4.08. The van der Waals surface area contributed by atoms with Crippen molar-refractivity contribution in [1.82, 2.24) is 9.62 Å². The molecule has 2 heterocycles. The molecular formula is C18H25FN2O3S. The molecule has 1 atom stereocenters. The smallest absolute Gasteiger partial charge is 0.214 e. The van der Waals surface area contributed by atoms with Gasteiger partial charge in [-0.2, -0.15) is 0 Å². The molecule has 0 bridgehead atoms. The summed E-state index contributed by atoms with van der Waals surface area (Å²) in [6.07, 6.45) is 3.42. The summed E-state index contributed by atoms with van der Waals surface area (Å²) in [6, 6.07) is 6.62. The van der Waals surface area contributed by atoms with Crippen LogP contribution in [0.15, 0.2) is 24.3 Å². The summed E-state index contributed by atoms with van der Waals surface area (Å²) in [4.78, 5) is 2.31. The van der Waals surface area contributed by atoms with Gasteiger partial charge in [-0.25, -0.2) is 17.5 Å². The van der Waals surface area contributed by atoms with E-state index >= 15 is 0 Å². The average molecular weight is 368 g/mol. The van der Waals surface area contributed by atoms with Crippen molar-refractivity contribution >= 4 is 10.0 Å². The molecule has 1 N–H and O–H groups in total. The Bertz CT molecular complexity index is 712. The van der Waals surface area contributed by atoms with Crippen LogP contribution in [0.25, 0.3) is 0 Å². The van der Waals surface area contributed by atoms with Gasteiger partial charge in [-0.05, 0) is 49.3 Å². The molecule has 25 heavy (non-hydrogen) atoms. The predicted molar refractivity (Wildman–Crippen MR) is 93.0 cm³/mol. The van der Waals surface area contributed by atoms with Gasteiger partial charge in [0.15, 0.2) is 0 Å². The van der Waals surface area contributed by atoms with Crippen molar-refractivity contribution in [3.8, 4) is 0 Å². The Morgan fingerprint density at radius 2 is 1.92 bits per heavy atom. The van der Waals surface area contributed by atoms with Crippen LogP contribution in [0.2, 0.25) is 0 Å². The zero-order chi connectivity index (χ0) is 17.5. The minimum Gasteiger partial charge on any atom is -0.372 e. The van der Waals surface area contributed by atoms with Crippen molar-refractivity contribution < 1.29 is 17.5 Å². The molecular weight excluding hydrogens is 343 g/mol. The van der Waals surface area contributed by atoms with Gasteiger partial charge in [-0.3, -0.25) is 4.90 Å². The number of ether oxygens (including phenoxy) is 1. The summed E-state index contributed by atoms with van der Waals surface area (Å²) < 4.78 is 45.6. The van der Waals surface area contributed by atoms with Crippen LogP contribution in [0, 0.1) is 11.7 Å². The monoisotopic (exact) mass is 368 g/mol. The lowest BCUT2D eigenvalue weighted by atomic mass is 9.79. The number of nitrogens with zero attached hydrogens (tertiary/aromatic N) is 1. The van der Waals surface area contributed by atoms with Crippen LogP contribution in [0.1, 0.15) is 31.2 Å². The molecule has 1 unspecified atom stereocenters. The molecule has 7 heteroatoms. The molecule has 1 saturated carbocycles. The van der Waals surface area contributed by atoms with Crippen molar-refractivity contribution in [3.05, 3.63) is 35.6 Å². The van der Waals surface area contributed by atoms with Crippen molar-refractivity contribution in [2.75, 3.05) is 26.2 Å². The van der Waals surface area contributed by atoms with Crippen LogP contribution in [-0.4, -0.2) is 50.4 Å². The summed E-state index contributed by atoms with van der Waals surface area (Å²) in [5, 5.41) is -0.156. The molecule has 2 aliphatic heterocycles. The van der Waals surface area contributed by atoms with E-state index in [0.29, 0.717) is 12.5 Å². The third kappa shape index (κ3) is 3.74. The highest BCUT2D eigenvalue weighted by atomic mass is 32.2. The zero-order valence-corrected chi connectivity index (χ0v) is 15.1. The van der Waals surface area contributed by atoms with Gasteiger partial charge in [0.25, 0.3) is 0 Å². The first-order valence-electron chi connectivity index (χ1n) is 9.06. The highest BCUT2D eigenvalue weighted by Gasteiger charge is 2.52. The Morgan fingerprint density at radius 3 is 2.60 bits per heavy atom. The van der Waals surface area contributed by atoms with E-state index in [0.717, 1.165) is 57.5 Å². The molecule has 0 amide bonds. The van der Waals surface area contributed by atoms with Gasteiger partial charge in [0.2, 0.25) is 10.0 Å². The van der Waals surface area contributed by atoms with Crippen LogP contribution in [-0.2, 0) is 21.3 Å². The maximum Gasteiger partial charge on any atom is 0.214 e. The number of sulfonamides is 1. The first kappa shape index (κ1) is 17.4. The third-order valence-corrected chi connectivity index (χ3v) is 7.62. The summed E-state index contributed by atoms with van der Waals surface area (Å²) in [7, 11) is -3.09. The van der Waals surface area contributed by atoms with E-state index in [4.69, 9.17) is 4.74 Å². The molecule has 4 rings (SSSR count). The first-order chi connectivity index (χ1) is 12.0. The number of nitrogens with one attached hydrogen (secondary N) is 1. The molecule has 1 aromatic rings. The fraction of sp³-hybridized carbons (Fsp3) is 0.667. The zero-order valence-electron chi connectivity index (χ0n) is 14.3. The number of rotatable bonds is 7. The van der Waals surface area contributed by atoms with E-state index < -0.39 is 10.0 Å². The maximum atomic E-state index is 13.0. The fourth-order valence-corrected chi connectivity index (χ4v) is 5.48. The SMILES string of the molecule is O=S(=O)(NCCC1CCOC12CN(Cc1ccc(F)cc1)C2)C1CC1. The lowest BCUT2D eigenvalue weighted by Crippen LogP contribution is -2.64. The molecule has 138 valence electrons. The summed E-state index contributed by atoms with van der Waals surface area (Å²) in [5.74, 6) is 0.190. The molecule has 0 aromatic heterocycles. The maximum absolute atomic E-state index is 13.0. The van der Waals surface area contributed by atoms with Gasteiger partial charge in [0.1, 0.15) is 5.82 Å². The average Bonchev–Trinajstić information content (AvgIpc) is 3.32. The second-order valence-electron chi connectivity index (χ2n) is 7.60. The largest absolute Gasteiger partial charge is 0.372 e. The predicted octanol–water partition coefficient (Wildman–Crippen LogP) is 1.89. The van der Waals surface area contributed by atoms with E-state index in [1.54, 1.807) is 0 Å². The first-order valence-corrected chi connectivity index (χ1v) is 10.6. The van der Waals surface area contributed by atoms with E-state index in [-0.39, 0.29) is 16.7 Å². The van der Waals surface area contributed by atoms with E-state index in [2.05, 4.69) is 9.62 Å². The quantitative estimate of drug-likeness (QED) is 0.799. The molecule has 3 aliphatic rings. The van der Waals surface area contributed by atoms with Crippen LogP contribution < -0.4 is 4.72 Å². The normalized spacial score (nSPS) is 26.0. The standard InChI is InChI=1S/C18H25FN2O3S/c19-16-3-1-14(2-4-16)11-21-12-18(13-21)15(8-10-24-18)7-9-20-25(22,23)17-5-6-17/h1-4,15,17,20H,5-13H2. The molecule has 2 saturated heterocycles. The van der Waals surface area contributed by atoms with E-state index in [9.17, 15) is 12.8 Å². The molecule has 0 radical (unpaired) electrons. The molecule has 1 aliphatic carbocycles. The molecule has 1 spiro atoms. The summed E-state index contributed by atoms with van der Waals surface area (Å²) in [6.45, 7) is 3.79. The van der Waals surface area contributed by atoms with Crippen LogP contribution >= 0.6 is 0 Å². The highest BCUT2D eigenvalue weighted by Crippen LogP contribution is 2.42. The topological polar surface area (TPSA) is 58.6 Å². The van der Waals surface area contributed by atoms with Crippen molar-refractivity contribution in [3.63, 3.8) is 0 Å². The molecule has 1 aromatic carbocycles. The lowest BCUT2D eigenvalue weighted by Gasteiger charge is -2.50. The second-order valence-corrected chi connectivity index (χ2v) is 9.64. The Hall–Kier alpha value is -1.02. The number of halogens is 1. The molecule has 3 fully saturated rings. The van der Waals surface area contributed by atoms with Crippen LogP contribution in [0.4, 0.5) is 4.39 Å². The molecule has 5 nitrogen and oxygen atoms in total. The van der Waals surface area contributed by atoms with Gasteiger partial charge in [0, 0.05) is 32.8 Å². The Balaban J connectivity index is 1.26. The minimum absolute atomic E-state index is 0.120. The Morgan fingerprint density at radius 1 is 1.20 bits per heavy atom. The van der Waals surface area contributed by atoms with Crippen LogP contribution in [0.3, 0.4) is 0 Å². The minimum atomic E-state index is -3.09. The number of likely N-dealkylation sites (tertiary alicyclic amines) is 1. The summed E-state index contributed by atoms with van der Waals surface area (Å²) >= 11 is 0. The second kappa shape index (κ2) is 6.61. The number of hydrogen-bond donors (Lipinski definition) is 1. The van der Waals surface area contributed by atoms with Gasteiger partial charge < -0.3 is 4.74 Å². The number of hydrogen-bond acceptors (Lipinski definition) is 4. The van der Waals surface area contributed by atoms with E-state index in [1.807, 2.05) is 12.1 Å². The van der Waals surface area contributed by atoms with Gasteiger partial charge in [0.05, 0.1) is 10.9 Å².